The van der Waals surface area contributed by atoms with Gasteiger partial charge >= 0.3 is 5.97 Å². The normalized spacial score (nSPS) is 10.9. The van der Waals surface area contributed by atoms with E-state index in [1.807, 2.05) is 41.8 Å². The third kappa shape index (κ3) is 5.05. The summed E-state index contributed by atoms with van der Waals surface area (Å²) in [6, 6.07) is 15.9. The molecule has 0 fully saturated rings. The Morgan fingerprint density at radius 3 is 2.59 bits per heavy atom. The second-order valence-corrected chi connectivity index (χ2v) is 6.98. The molecule has 6 heteroatoms. The van der Waals surface area contributed by atoms with Crippen molar-refractivity contribution >= 4 is 17.6 Å². The van der Waals surface area contributed by atoms with Gasteiger partial charge in [0.25, 0.3) is 0 Å². The first-order valence-electron chi connectivity index (χ1n) is 9.46. The van der Waals surface area contributed by atoms with Gasteiger partial charge < -0.3 is 14.0 Å². The highest BCUT2D eigenvalue weighted by Crippen LogP contribution is 2.28. The highest BCUT2D eigenvalue weighted by atomic mass is 35.5. The minimum Gasteiger partial charge on any atom is -0.462 e. The molecule has 0 radical (unpaired) electrons. The van der Waals surface area contributed by atoms with E-state index in [4.69, 9.17) is 21.1 Å². The molecule has 0 unspecified atom stereocenters. The van der Waals surface area contributed by atoms with E-state index >= 15 is 0 Å². The van der Waals surface area contributed by atoms with Crippen LogP contribution >= 0.6 is 11.6 Å². The van der Waals surface area contributed by atoms with Gasteiger partial charge in [0, 0.05) is 17.8 Å². The van der Waals surface area contributed by atoms with Gasteiger partial charge in [-0.25, -0.2) is 9.18 Å². The number of ether oxygens (including phenoxy) is 2. The van der Waals surface area contributed by atoms with E-state index in [1.165, 1.54) is 12.1 Å². The molecule has 0 aliphatic carbocycles. The molecule has 29 heavy (non-hydrogen) atoms. The van der Waals surface area contributed by atoms with Crippen molar-refractivity contribution in [1.82, 2.24) is 4.57 Å². The predicted octanol–water partition coefficient (Wildman–Crippen LogP) is 5.51. The highest BCUT2D eigenvalue weighted by molar-refractivity contribution is 6.32. The van der Waals surface area contributed by atoms with Gasteiger partial charge in [-0.1, -0.05) is 41.9 Å². The third-order valence-corrected chi connectivity index (χ3v) is 4.89. The van der Waals surface area contributed by atoms with Crippen LogP contribution in [0.2, 0.25) is 5.02 Å². The number of nitrogens with zero attached hydrogens (tertiary/aromatic N) is 1. The number of carbonyl (C=O) groups excluding carboxylic acids is 1. The van der Waals surface area contributed by atoms with Crippen molar-refractivity contribution in [3.63, 3.8) is 0 Å². The predicted molar refractivity (Wildman–Crippen MR) is 111 cm³/mol. The zero-order valence-corrected chi connectivity index (χ0v) is 17.2. The van der Waals surface area contributed by atoms with Crippen LogP contribution in [0, 0.1) is 12.7 Å². The summed E-state index contributed by atoms with van der Waals surface area (Å²) in [5.74, 6) is -0.810. The Labute approximate surface area is 174 Å². The fraction of sp³-hybridized carbons (Fsp3) is 0.261. The summed E-state index contributed by atoms with van der Waals surface area (Å²) in [7, 11) is 0. The number of rotatable bonds is 8. The first-order chi connectivity index (χ1) is 14.0. The van der Waals surface area contributed by atoms with Gasteiger partial charge in [-0.15, -0.1) is 0 Å². The maximum absolute atomic E-state index is 13.5. The molecule has 3 aromatic rings. The highest BCUT2D eigenvalue weighted by Gasteiger charge is 2.20. The lowest BCUT2D eigenvalue weighted by atomic mass is 10.2. The largest absolute Gasteiger partial charge is 0.462 e. The summed E-state index contributed by atoms with van der Waals surface area (Å²) in [5.41, 5.74) is 3.69. The van der Waals surface area contributed by atoms with Gasteiger partial charge in [-0.05, 0) is 43.7 Å². The molecule has 0 saturated carbocycles. The van der Waals surface area contributed by atoms with E-state index in [9.17, 15) is 9.18 Å². The lowest BCUT2D eigenvalue weighted by molar-refractivity contribution is 0.0525. The van der Waals surface area contributed by atoms with Gasteiger partial charge in [-0.2, -0.15) is 0 Å². The molecule has 152 valence electrons. The van der Waals surface area contributed by atoms with Crippen LogP contribution in [0.1, 0.15) is 34.2 Å². The molecule has 0 saturated heterocycles. The van der Waals surface area contributed by atoms with Crippen LogP contribution in [0.4, 0.5) is 4.39 Å². The molecular formula is C23H23ClFNO3. The van der Waals surface area contributed by atoms with Crippen molar-refractivity contribution in [2.45, 2.75) is 26.9 Å². The Kier molecular flexibility index (Phi) is 7.07. The number of hydrogen-bond acceptors (Lipinski definition) is 3. The summed E-state index contributed by atoms with van der Waals surface area (Å²) in [6.07, 6.45) is 0.556. The summed E-state index contributed by atoms with van der Waals surface area (Å²) in [4.78, 5) is 12.4. The maximum atomic E-state index is 13.5. The molecule has 1 aromatic heterocycles. The first kappa shape index (κ1) is 21.1. The van der Waals surface area contributed by atoms with Crippen molar-refractivity contribution < 1.29 is 18.7 Å². The van der Waals surface area contributed by atoms with Gasteiger partial charge in [-0.3, -0.25) is 0 Å². The van der Waals surface area contributed by atoms with Crippen LogP contribution in [0.3, 0.4) is 0 Å². The summed E-state index contributed by atoms with van der Waals surface area (Å²) >= 11 is 6.29. The Morgan fingerprint density at radius 2 is 1.90 bits per heavy atom. The van der Waals surface area contributed by atoms with E-state index in [1.54, 1.807) is 19.1 Å². The number of aromatic nitrogens is 1. The molecule has 2 aromatic carbocycles. The van der Waals surface area contributed by atoms with Crippen molar-refractivity contribution in [2.24, 2.45) is 0 Å². The fourth-order valence-electron chi connectivity index (χ4n) is 3.21. The molecular weight excluding hydrogens is 393 g/mol. The molecule has 0 aliphatic rings. The molecule has 0 amide bonds. The van der Waals surface area contributed by atoms with Crippen LogP contribution in [0.25, 0.3) is 5.69 Å². The maximum Gasteiger partial charge on any atom is 0.339 e. The van der Waals surface area contributed by atoms with Crippen LogP contribution in [0.5, 0.6) is 0 Å². The average Bonchev–Trinajstić information content (AvgIpc) is 3.03. The molecule has 3 rings (SSSR count). The molecule has 4 nitrogen and oxygen atoms in total. The fourth-order valence-corrected chi connectivity index (χ4v) is 3.46. The van der Waals surface area contributed by atoms with E-state index in [0.29, 0.717) is 36.6 Å². The number of benzene rings is 2. The van der Waals surface area contributed by atoms with Crippen LogP contribution < -0.4 is 0 Å². The molecule has 0 atom stereocenters. The number of halogens is 2. The standard InChI is InChI=1S/C23H23ClFNO3/c1-3-29-23(27)20-14-19(11-12-28-15-17-7-5-4-6-8-17)26(16(20)2)22-10-9-18(25)13-21(22)24/h4-10,13-14H,3,11-12,15H2,1-2H3. The molecule has 0 bridgehead atoms. The Bertz CT molecular complexity index is 985. The molecule has 0 N–H and O–H groups in total. The van der Waals surface area contributed by atoms with E-state index in [0.717, 1.165) is 11.3 Å². The lowest BCUT2D eigenvalue weighted by Crippen LogP contribution is -2.08. The van der Waals surface area contributed by atoms with Crippen molar-refractivity contribution in [2.75, 3.05) is 13.2 Å². The second kappa shape index (κ2) is 9.72. The lowest BCUT2D eigenvalue weighted by Gasteiger charge is -2.14. The van der Waals surface area contributed by atoms with Crippen LogP contribution in [-0.2, 0) is 22.5 Å². The average molecular weight is 416 g/mol. The zero-order valence-electron chi connectivity index (χ0n) is 16.5. The van der Waals surface area contributed by atoms with Gasteiger partial charge in [0.05, 0.1) is 36.1 Å². The summed E-state index contributed by atoms with van der Waals surface area (Å²) < 4.78 is 26.3. The van der Waals surface area contributed by atoms with Crippen molar-refractivity contribution in [1.29, 1.82) is 0 Å². The summed E-state index contributed by atoms with van der Waals surface area (Å²) in [6.45, 7) is 4.83. The Hall–Kier alpha value is -2.63. The van der Waals surface area contributed by atoms with E-state index < -0.39 is 11.8 Å². The molecule has 1 heterocycles. The van der Waals surface area contributed by atoms with Gasteiger partial charge in [0.15, 0.2) is 0 Å². The van der Waals surface area contributed by atoms with Gasteiger partial charge in [0.1, 0.15) is 5.82 Å². The number of hydrogen-bond donors (Lipinski definition) is 0. The zero-order chi connectivity index (χ0) is 20.8. The minimum absolute atomic E-state index is 0.269. The Balaban J connectivity index is 1.85. The van der Waals surface area contributed by atoms with Crippen LogP contribution in [-0.4, -0.2) is 23.8 Å². The summed E-state index contributed by atoms with van der Waals surface area (Å²) in [5, 5.41) is 0.269. The van der Waals surface area contributed by atoms with Crippen molar-refractivity contribution in [3.05, 3.63) is 88.0 Å². The topological polar surface area (TPSA) is 40.5 Å². The van der Waals surface area contributed by atoms with Crippen LogP contribution in [0.15, 0.2) is 54.6 Å². The number of esters is 1. The Morgan fingerprint density at radius 1 is 1.14 bits per heavy atom. The monoisotopic (exact) mass is 415 g/mol. The van der Waals surface area contributed by atoms with E-state index in [-0.39, 0.29) is 11.6 Å². The number of carbonyl (C=O) groups is 1. The quantitative estimate of drug-likeness (QED) is 0.359. The smallest absolute Gasteiger partial charge is 0.339 e. The SMILES string of the molecule is CCOC(=O)c1cc(CCOCc2ccccc2)n(-c2ccc(F)cc2Cl)c1C. The molecule has 0 aliphatic heterocycles. The second-order valence-electron chi connectivity index (χ2n) is 6.57. The first-order valence-corrected chi connectivity index (χ1v) is 9.84. The minimum atomic E-state index is -0.415. The van der Waals surface area contributed by atoms with Crippen molar-refractivity contribution in [3.8, 4) is 5.69 Å². The molecule has 0 spiro atoms. The third-order valence-electron chi connectivity index (χ3n) is 4.58. The van der Waals surface area contributed by atoms with E-state index in [2.05, 4.69) is 0 Å². The van der Waals surface area contributed by atoms with Gasteiger partial charge in [0.2, 0.25) is 0 Å².